The first-order chi connectivity index (χ1) is 7.59. The lowest BCUT2D eigenvalue weighted by atomic mass is 9.85. The monoisotopic (exact) mass is 223 g/mol. The average molecular weight is 223 g/mol. The Kier molecular flexibility index (Phi) is 1.74. The van der Waals surface area contributed by atoms with Gasteiger partial charge in [0.1, 0.15) is 0 Å². The highest BCUT2D eigenvalue weighted by Crippen LogP contribution is 2.45. The van der Waals surface area contributed by atoms with E-state index in [1.165, 1.54) is 0 Å². The number of hydrogen-bond acceptors (Lipinski definition) is 5. The van der Waals surface area contributed by atoms with Crippen molar-refractivity contribution in [1.82, 2.24) is 5.06 Å². The fourth-order valence-corrected chi connectivity index (χ4v) is 2.49. The van der Waals surface area contributed by atoms with Gasteiger partial charge < -0.3 is 9.57 Å². The Bertz CT molecular complexity index is 399. The Hall–Kier alpha value is -1.69. The highest BCUT2D eigenvalue weighted by molar-refractivity contribution is 6.06. The van der Waals surface area contributed by atoms with Crippen LogP contribution in [-0.2, 0) is 24.0 Å². The van der Waals surface area contributed by atoms with Crippen molar-refractivity contribution in [2.75, 3.05) is 0 Å². The summed E-state index contributed by atoms with van der Waals surface area (Å²) >= 11 is 0. The molecule has 4 atom stereocenters. The highest BCUT2D eigenvalue weighted by atomic mass is 16.7. The molecule has 3 aliphatic rings. The second-order valence-electron chi connectivity index (χ2n) is 4.06. The van der Waals surface area contributed by atoms with Gasteiger partial charge in [0, 0.05) is 6.92 Å². The van der Waals surface area contributed by atoms with E-state index in [9.17, 15) is 14.4 Å². The number of hydrogen-bond donors (Lipinski definition) is 0. The summed E-state index contributed by atoms with van der Waals surface area (Å²) in [4.78, 5) is 39.1. The van der Waals surface area contributed by atoms with E-state index in [-0.39, 0.29) is 12.2 Å². The number of imide groups is 1. The number of ether oxygens (including phenoxy) is 1. The van der Waals surface area contributed by atoms with E-state index in [2.05, 4.69) is 4.84 Å². The molecule has 0 N–H and O–H groups in total. The maximum absolute atomic E-state index is 11.8. The summed E-state index contributed by atoms with van der Waals surface area (Å²) < 4.78 is 5.41. The topological polar surface area (TPSA) is 72.9 Å². The molecule has 0 spiro atoms. The fourth-order valence-electron chi connectivity index (χ4n) is 2.49. The van der Waals surface area contributed by atoms with E-state index in [1.807, 2.05) is 0 Å². The van der Waals surface area contributed by atoms with Gasteiger partial charge in [0.15, 0.2) is 0 Å². The molecule has 6 nitrogen and oxygen atoms in total. The minimum atomic E-state index is -0.678. The van der Waals surface area contributed by atoms with Gasteiger partial charge in [-0.05, 0) is 0 Å². The third-order valence-electron chi connectivity index (χ3n) is 3.09. The van der Waals surface area contributed by atoms with Crippen molar-refractivity contribution < 1.29 is 24.0 Å². The van der Waals surface area contributed by atoms with Crippen molar-refractivity contribution in [3.63, 3.8) is 0 Å². The van der Waals surface area contributed by atoms with Gasteiger partial charge in [-0.25, -0.2) is 4.79 Å². The lowest BCUT2D eigenvalue weighted by molar-refractivity contribution is -0.198. The molecule has 0 aromatic carbocycles. The lowest BCUT2D eigenvalue weighted by Gasteiger charge is -2.14. The van der Waals surface area contributed by atoms with Crippen molar-refractivity contribution in [2.24, 2.45) is 11.8 Å². The molecule has 2 bridgehead atoms. The van der Waals surface area contributed by atoms with E-state index in [1.54, 1.807) is 12.2 Å². The van der Waals surface area contributed by atoms with Gasteiger partial charge in [0.25, 0.3) is 11.8 Å². The van der Waals surface area contributed by atoms with Gasteiger partial charge in [0.2, 0.25) is 0 Å². The van der Waals surface area contributed by atoms with Gasteiger partial charge in [-0.1, -0.05) is 12.2 Å². The van der Waals surface area contributed by atoms with E-state index < -0.39 is 29.6 Å². The first-order valence-electron chi connectivity index (χ1n) is 5.00. The van der Waals surface area contributed by atoms with Gasteiger partial charge in [-0.3, -0.25) is 9.59 Å². The van der Waals surface area contributed by atoms with Crippen LogP contribution in [0.15, 0.2) is 12.2 Å². The second kappa shape index (κ2) is 2.91. The van der Waals surface area contributed by atoms with E-state index in [0.717, 1.165) is 6.92 Å². The van der Waals surface area contributed by atoms with Crippen molar-refractivity contribution in [2.45, 2.75) is 19.1 Å². The predicted octanol–water partition coefficient (Wildman–Crippen LogP) is -0.597. The van der Waals surface area contributed by atoms with Crippen LogP contribution in [0.2, 0.25) is 0 Å². The molecule has 0 saturated carbocycles. The van der Waals surface area contributed by atoms with Crippen molar-refractivity contribution in [3.05, 3.63) is 12.2 Å². The summed E-state index contributed by atoms with van der Waals surface area (Å²) in [7, 11) is 0. The molecule has 2 saturated heterocycles. The van der Waals surface area contributed by atoms with Gasteiger partial charge in [0.05, 0.1) is 24.0 Å². The van der Waals surface area contributed by atoms with E-state index in [4.69, 9.17) is 4.74 Å². The van der Waals surface area contributed by atoms with Crippen molar-refractivity contribution in [3.8, 4) is 0 Å². The van der Waals surface area contributed by atoms with Crippen molar-refractivity contribution >= 4 is 17.8 Å². The molecule has 3 rings (SSSR count). The zero-order valence-electron chi connectivity index (χ0n) is 8.45. The van der Waals surface area contributed by atoms with Crippen LogP contribution in [0.4, 0.5) is 0 Å². The number of rotatable bonds is 1. The van der Waals surface area contributed by atoms with Gasteiger partial charge in [-0.2, -0.15) is 0 Å². The molecule has 2 fully saturated rings. The molecule has 2 amide bonds. The standard InChI is InChI=1S/C10H9NO5/c1-4(12)16-11-9(13)7-5-2-3-6(15-5)8(7)10(11)14/h2-3,5-8H,1H3. The molecule has 6 heteroatoms. The smallest absolute Gasteiger partial charge is 0.330 e. The van der Waals surface area contributed by atoms with Crippen LogP contribution >= 0.6 is 0 Å². The third-order valence-corrected chi connectivity index (χ3v) is 3.09. The Morgan fingerprint density at radius 2 is 1.75 bits per heavy atom. The summed E-state index contributed by atoms with van der Waals surface area (Å²) in [5.74, 6) is -2.70. The van der Waals surface area contributed by atoms with Crippen LogP contribution < -0.4 is 0 Å². The summed E-state index contributed by atoms with van der Waals surface area (Å²) in [6, 6.07) is 0. The summed E-state index contributed by atoms with van der Waals surface area (Å²) in [6.07, 6.45) is 2.83. The molecule has 84 valence electrons. The Balaban J connectivity index is 1.91. The largest absolute Gasteiger partial charge is 0.365 e. The molecule has 16 heavy (non-hydrogen) atoms. The maximum Gasteiger partial charge on any atom is 0.330 e. The molecule has 0 aromatic heterocycles. The zero-order chi connectivity index (χ0) is 11.4. The molecular weight excluding hydrogens is 214 g/mol. The summed E-state index contributed by atoms with van der Waals surface area (Å²) in [5.41, 5.74) is 0. The number of nitrogens with zero attached hydrogens (tertiary/aromatic N) is 1. The van der Waals surface area contributed by atoms with Crippen LogP contribution in [0.5, 0.6) is 0 Å². The van der Waals surface area contributed by atoms with E-state index in [0.29, 0.717) is 5.06 Å². The van der Waals surface area contributed by atoms with Crippen molar-refractivity contribution in [1.29, 1.82) is 0 Å². The Labute approximate surface area is 90.7 Å². The molecular formula is C10H9NO5. The fraction of sp³-hybridized carbons (Fsp3) is 0.500. The van der Waals surface area contributed by atoms with Crippen LogP contribution in [0.1, 0.15) is 6.92 Å². The quantitative estimate of drug-likeness (QED) is 0.438. The van der Waals surface area contributed by atoms with Crippen LogP contribution in [0.3, 0.4) is 0 Å². The molecule has 0 aromatic rings. The summed E-state index contributed by atoms with van der Waals surface area (Å²) in [6.45, 7) is 1.15. The highest BCUT2D eigenvalue weighted by Gasteiger charge is 2.62. The van der Waals surface area contributed by atoms with Gasteiger partial charge >= 0.3 is 5.97 Å². The number of hydroxylamine groups is 2. The SMILES string of the molecule is CC(=O)ON1C(=O)C2C3C=CC(O3)C2C1=O. The molecule has 4 unspecified atom stereocenters. The number of carbonyl (C=O) groups is 3. The van der Waals surface area contributed by atoms with Crippen LogP contribution in [-0.4, -0.2) is 35.1 Å². The third kappa shape index (κ3) is 1.02. The van der Waals surface area contributed by atoms with Crippen LogP contribution in [0.25, 0.3) is 0 Å². The first kappa shape index (κ1) is 9.53. The Morgan fingerprint density at radius 3 is 2.19 bits per heavy atom. The molecule has 3 aliphatic heterocycles. The molecule has 0 aliphatic carbocycles. The van der Waals surface area contributed by atoms with Crippen LogP contribution in [0, 0.1) is 11.8 Å². The minimum Gasteiger partial charge on any atom is -0.365 e. The minimum absolute atomic E-state index is 0.355. The van der Waals surface area contributed by atoms with E-state index >= 15 is 0 Å². The number of carbonyl (C=O) groups excluding carboxylic acids is 3. The molecule has 0 radical (unpaired) electrons. The number of amides is 2. The second-order valence-corrected chi connectivity index (χ2v) is 4.06. The first-order valence-corrected chi connectivity index (χ1v) is 5.00. The Morgan fingerprint density at radius 1 is 1.25 bits per heavy atom. The lowest BCUT2D eigenvalue weighted by Crippen LogP contribution is -2.35. The number of fused-ring (bicyclic) bond motifs is 5. The predicted molar refractivity (Wildman–Crippen MR) is 48.4 cm³/mol. The molecule has 3 heterocycles. The average Bonchev–Trinajstić information content (AvgIpc) is 2.87. The maximum atomic E-state index is 11.8. The zero-order valence-corrected chi connectivity index (χ0v) is 8.45. The van der Waals surface area contributed by atoms with Gasteiger partial charge in [-0.15, -0.1) is 5.06 Å². The normalized spacial score (nSPS) is 39.4. The summed E-state index contributed by atoms with van der Waals surface area (Å²) in [5, 5.41) is 0.577.